The van der Waals surface area contributed by atoms with Crippen molar-refractivity contribution < 1.29 is 47.8 Å². The van der Waals surface area contributed by atoms with Crippen molar-refractivity contribution in [1.82, 2.24) is 5.32 Å². The predicted molar refractivity (Wildman–Crippen MR) is 153 cm³/mol. The third-order valence-corrected chi connectivity index (χ3v) is 6.69. The summed E-state index contributed by atoms with van der Waals surface area (Å²) >= 11 is 0. The van der Waals surface area contributed by atoms with Crippen molar-refractivity contribution in [1.29, 1.82) is 0 Å². The molecule has 0 aliphatic heterocycles. The molecule has 0 fully saturated rings. The molecule has 0 saturated carbocycles. The van der Waals surface area contributed by atoms with Crippen LogP contribution in [0.25, 0.3) is 0 Å². The van der Waals surface area contributed by atoms with Gasteiger partial charge in [0.25, 0.3) is 0 Å². The van der Waals surface area contributed by atoms with Gasteiger partial charge in [-0.25, -0.2) is 9.36 Å². The smallest absolute Gasteiger partial charge is 0.472 e. The first-order valence-electron chi connectivity index (χ1n) is 14.4. The number of phosphoric acid groups is 1. The molecule has 232 valence electrons. The van der Waals surface area contributed by atoms with Crippen LogP contribution < -0.4 is 5.32 Å². The Kier molecular flexibility index (Phi) is 23.5. The zero-order chi connectivity index (χ0) is 30.1. The van der Waals surface area contributed by atoms with Gasteiger partial charge in [0.15, 0.2) is 6.04 Å². The van der Waals surface area contributed by atoms with E-state index in [-0.39, 0.29) is 12.8 Å². The van der Waals surface area contributed by atoms with Crippen LogP contribution in [0.2, 0.25) is 0 Å². The van der Waals surface area contributed by atoms with Crippen molar-refractivity contribution in [3.05, 3.63) is 24.3 Å². The molecule has 0 aliphatic carbocycles. The minimum Gasteiger partial charge on any atom is -0.480 e. The molecule has 0 spiro atoms. The molecule has 0 saturated heterocycles. The average molecular weight is 592 g/mol. The normalized spacial score (nSPS) is 14.7. The van der Waals surface area contributed by atoms with Gasteiger partial charge >= 0.3 is 19.8 Å². The highest BCUT2D eigenvalue weighted by molar-refractivity contribution is 7.47. The number of carbonyl (C=O) groups excluding carboxylic acids is 2. The number of rotatable bonds is 26. The summed E-state index contributed by atoms with van der Waals surface area (Å²) in [5, 5.41) is 21.3. The summed E-state index contributed by atoms with van der Waals surface area (Å²) in [5.74, 6) is -2.44. The number of aliphatic hydroxyl groups excluding tert-OH is 1. The highest BCUT2D eigenvalue weighted by atomic mass is 31.2. The molecule has 11 nitrogen and oxygen atoms in total. The van der Waals surface area contributed by atoms with E-state index >= 15 is 0 Å². The van der Waals surface area contributed by atoms with Crippen LogP contribution in [0.3, 0.4) is 0 Å². The number of phosphoric ester groups is 1. The van der Waals surface area contributed by atoms with Crippen molar-refractivity contribution in [2.45, 2.75) is 116 Å². The summed E-state index contributed by atoms with van der Waals surface area (Å²) in [6, 6.07) is -1.55. The highest BCUT2D eigenvalue weighted by Gasteiger charge is 2.28. The highest BCUT2D eigenvalue weighted by Crippen LogP contribution is 2.43. The maximum Gasteiger partial charge on any atom is 0.472 e. The van der Waals surface area contributed by atoms with Gasteiger partial charge in [-0.2, -0.15) is 0 Å². The Morgan fingerprint density at radius 1 is 0.800 bits per heavy atom. The number of unbranched alkanes of at least 4 members (excludes halogenated alkanes) is 8. The van der Waals surface area contributed by atoms with Crippen LogP contribution in [0.5, 0.6) is 0 Å². The number of carboxylic acid groups (broad SMARTS) is 1. The fourth-order valence-corrected chi connectivity index (χ4v) is 4.14. The van der Waals surface area contributed by atoms with Gasteiger partial charge in [0.2, 0.25) is 5.91 Å². The molecule has 0 aliphatic rings. The number of esters is 1. The summed E-state index contributed by atoms with van der Waals surface area (Å²) in [7, 11) is -4.72. The van der Waals surface area contributed by atoms with Crippen LogP contribution >= 0.6 is 7.82 Å². The second kappa shape index (κ2) is 24.7. The molecule has 0 aromatic rings. The predicted octanol–water partition coefficient (Wildman–Crippen LogP) is 5.21. The third-order valence-electron chi connectivity index (χ3n) is 5.74. The quantitative estimate of drug-likeness (QED) is 0.0453. The Hall–Kier alpha value is -2.04. The van der Waals surface area contributed by atoms with Gasteiger partial charge < -0.3 is 25.2 Å². The van der Waals surface area contributed by atoms with E-state index in [4.69, 9.17) is 4.74 Å². The van der Waals surface area contributed by atoms with Crippen molar-refractivity contribution >= 4 is 25.7 Å². The molecule has 0 heterocycles. The number of aliphatic hydroxyl groups is 1. The van der Waals surface area contributed by atoms with E-state index in [9.17, 15) is 34.1 Å². The Balaban J connectivity index is 4.08. The van der Waals surface area contributed by atoms with Gasteiger partial charge in [-0.3, -0.25) is 18.6 Å². The van der Waals surface area contributed by atoms with Gasteiger partial charge in [0.1, 0.15) is 12.7 Å². The molecule has 12 heteroatoms. The molecule has 40 heavy (non-hydrogen) atoms. The number of ether oxygens (including phenoxy) is 1. The van der Waals surface area contributed by atoms with Crippen LogP contribution in [0, 0.1) is 0 Å². The lowest BCUT2D eigenvalue weighted by Crippen LogP contribution is -2.43. The first kappa shape index (κ1) is 38.0. The molecule has 3 atom stereocenters. The number of carbonyl (C=O) groups is 3. The molecule has 0 aromatic carbocycles. The minimum absolute atomic E-state index is 0.129. The van der Waals surface area contributed by atoms with Gasteiger partial charge in [0.05, 0.1) is 13.2 Å². The zero-order valence-corrected chi connectivity index (χ0v) is 25.0. The topological polar surface area (TPSA) is 169 Å². The molecule has 0 aromatic heterocycles. The van der Waals surface area contributed by atoms with Crippen LogP contribution in [-0.4, -0.2) is 64.9 Å². The summed E-state index contributed by atoms with van der Waals surface area (Å²) < 4.78 is 26.1. The lowest BCUT2D eigenvalue weighted by molar-refractivity contribution is -0.147. The summed E-state index contributed by atoms with van der Waals surface area (Å²) in [5.41, 5.74) is 0. The molecule has 0 bridgehead atoms. The molecular formula is C28H50NO10P. The number of hydrogen-bond donors (Lipinski definition) is 4. The Labute approximate surface area is 239 Å². The van der Waals surface area contributed by atoms with Crippen LogP contribution in [-0.2, 0) is 32.7 Å². The lowest BCUT2D eigenvalue weighted by Gasteiger charge is -2.18. The molecular weight excluding hydrogens is 541 g/mol. The van der Waals surface area contributed by atoms with Crippen LogP contribution in [0.1, 0.15) is 104 Å². The van der Waals surface area contributed by atoms with Gasteiger partial charge in [-0.05, 0) is 38.5 Å². The van der Waals surface area contributed by atoms with Crippen LogP contribution in [0.15, 0.2) is 24.3 Å². The molecule has 0 radical (unpaired) electrons. The van der Waals surface area contributed by atoms with Crippen molar-refractivity contribution in [3.8, 4) is 0 Å². The monoisotopic (exact) mass is 591 g/mol. The van der Waals surface area contributed by atoms with E-state index in [1.54, 1.807) is 0 Å². The number of hydrogen-bond acceptors (Lipinski definition) is 8. The number of aliphatic carboxylic acids is 1. The fraction of sp³-hybridized carbons (Fsp3) is 0.750. The van der Waals surface area contributed by atoms with E-state index in [0.717, 1.165) is 51.4 Å². The van der Waals surface area contributed by atoms with E-state index in [0.29, 0.717) is 12.8 Å². The van der Waals surface area contributed by atoms with Gasteiger partial charge in [-0.15, -0.1) is 0 Å². The molecule has 1 amide bonds. The summed E-state index contributed by atoms with van der Waals surface area (Å²) in [6.07, 6.45) is 19.3. The van der Waals surface area contributed by atoms with Gasteiger partial charge in [0, 0.05) is 12.8 Å². The lowest BCUT2D eigenvalue weighted by atomic mass is 10.1. The molecule has 4 N–H and O–H groups in total. The number of nitrogens with one attached hydrogen (secondary N) is 1. The van der Waals surface area contributed by atoms with Crippen molar-refractivity contribution in [3.63, 3.8) is 0 Å². The standard InChI is InChI=1S/C28H50NO10P/c1-3-5-7-8-9-10-11-12-13-14-15-16-17-18-19-26(31)29-25(28(33)34)23-39-40(35,36)38-22-24(30)21-37-27(32)20-6-4-2/h8-9,11-12,24-25,30H,3-7,10,13-23H2,1-2H3,(H,29,31)(H,33,34)(H,35,36)/b9-8-,12-11-. The van der Waals surface area contributed by atoms with Crippen molar-refractivity contribution in [2.75, 3.05) is 19.8 Å². The van der Waals surface area contributed by atoms with E-state index in [1.807, 2.05) is 6.92 Å². The first-order valence-corrected chi connectivity index (χ1v) is 15.9. The summed E-state index contributed by atoms with van der Waals surface area (Å²) in [6.45, 7) is 2.18. The van der Waals surface area contributed by atoms with E-state index in [2.05, 4.69) is 45.6 Å². The largest absolute Gasteiger partial charge is 0.480 e. The zero-order valence-electron chi connectivity index (χ0n) is 24.1. The molecule has 0 rings (SSSR count). The van der Waals surface area contributed by atoms with Crippen molar-refractivity contribution in [2.24, 2.45) is 0 Å². The fourth-order valence-electron chi connectivity index (χ4n) is 3.36. The maximum absolute atomic E-state index is 12.1. The number of carboxylic acids is 1. The second-order valence-electron chi connectivity index (χ2n) is 9.59. The second-order valence-corrected chi connectivity index (χ2v) is 11.0. The maximum atomic E-state index is 12.1. The van der Waals surface area contributed by atoms with E-state index < -0.39 is 57.6 Å². The average Bonchev–Trinajstić information content (AvgIpc) is 2.91. The third kappa shape index (κ3) is 23.8. The number of amides is 1. The Bertz CT molecular complexity index is 802. The van der Waals surface area contributed by atoms with Crippen LogP contribution in [0.4, 0.5) is 0 Å². The SMILES string of the molecule is CCCC/C=C\C/C=C\CCCCCCCC(=O)NC(COP(=O)(O)OCC(O)COC(=O)CCCC)C(=O)O. The Morgan fingerprint density at radius 3 is 2.05 bits per heavy atom. The molecule has 3 unspecified atom stereocenters. The van der Waals surface area contributed by atoms with E-state index in [1.165, 1.54) is 12.8 Å². The first-order chi connectivity index (χ1) is 19.1. The van der Waals surface area contributed by atoms with Gasteiger partial charge in [-0.1, -0.05) is 76.7 Å². The number of allylic oxidation sites excluding steroid dienone is 4. The minimum atomic E-state index is -4.72. The summed E-state index contributed by atoms with van der Waals surface area (Å²) in [4.78, 5) is 44.7. The Morgan fingerprint density at radius 2 is 1.40 bits per heavy atom.